The van der Waals surface area contributed by atoms with E-state index in [1.54, 1.807) is 12.3 Å². The van der Waals surface area contributed by atoms with Gasteiger partial charge in [0.15, 0.2) is 0 Å². The van der Waals surface area contributed by atoms with Crippen molar-refractivity contribution in [3.63, 3.8) is 0 Å². The molecule has 0 aliphatic heterocycles. The molecule has 1 heterocycles. The number of nitrogen functional groups attached to an aromatic ring is 1. The summed E-state index contributed by atoms with van der Waals surface area (Å²) >= 11 is 3.40. The molecule has 0 saturated carbocycles. The first-order chi connectivity index (χ1) is 7.74. The SMILES string of the molecule is Nc1nccc(OCc2cccc(Br)c2)n1. The van der Waals surface area contributed by atoms with E-state index in [0.717, 1.165) is 10.0 Å². The molecule has 2 aromatic rings. The average molecular weight is 280 g/mol. The Hall–Kier alpha value is -1.62. The van der Waals surface area contributed by atoms with Crippen LogP contribution in [0.5, 0.6) is 5.88 Å². The summed E-state index contributed by atoms with van der Waals surface area (Å²) in [6, 6.07) is 9.57. The van der Waals surface area contributed by atoms with E-state index in [0.29, 0.717) is 12.5 Å². The first-order valence-corrected chi connectivity index (χ1v) is 5.49. The van der Waals surface area contributed by atoms with Crippen molar-refractivity contribution >= 4 is 21.9 Å². The summed E-state index contributed by atoms with van der Waals surface area (Å²) in [5.41, 5.74) is 6.50. The highest BCUT2D eigenvalue weighted by Gasteiger charge is 1.98. The molecule has 0 atom stereocenters. The van der Waals surface area contributed by atoms with E-state index in [-0.39, 0.29) is 5.95 Å². The van der Waals surface area contributed by atoms with E-state index in [9.17, 15) is 0 Å². The Kier molecular flexibility index (Phi) is 3.36. The van der Waals surface area contributed by atoms with Gasteiger partial charge >= 0.3 is 0 Å². The Balaban J connectivity index is 2.02. The lowest BCUT2D eigenvalue weighted by Gasteiger charge is -2.05. The molecule has 0 aliphatic carbocycles. The number of hydrogen-bond donors (Lipinski definition) is 1. The van der Waals surface area contributed by atoms with Crippen LogP contribution in [0.25, 0.3) is 0 Å². The third kappa shape index (κ3) is 2.93. The van der Waals surface area contributed by atoms with Gasteiger partial charge in [0.2, 0.25) is 11.8 Å². The van der Waals surface area contributed by atoms with Crippen molar-refractivity contribution < 1.29 is 4.74 Å². The summed E-state index contributed by atoms with van der Waals surface area (Å²) in [4.78, 5) is 7.73. The van der Waals surface area contributed by atoms with E-state index in [1.807, 2.05) is 24.3 Å². The fraction of sp³-hybridized carbons (Fsp3) is 0.0909. The third-order valence-electron chi connectivity index (χ3n) is 1.92. The molecule has 0 saturated heterocycles. The van der Waals surface area contributed by atoms with Gasteiger partial charge in [-0.25, -0.2) is 4.98 Å². The van der Waals surface area contributed by atoms with Gasteiger partial charge < -0.3 is 10.5 Å². The molecular weight excluding hydrogens is 270 g/mol. The molecular formula is C11H10BrN3O. The summed E-state index contributed by atoms with van der Waals surface area (Å²) in [6.07, 6.45) is 1.57. The maximum Gasteiger partial charge on any atom is 0.223 e. The summed E-state index contributed by atoms with van der Waals surface area (Å²) in [6.45, 7) is 0.454. The zero-order chi connectivity index (χ0) is 11.4. The highest BCUT2D eigenvalue weighted by atomic mass is 79.9. The molecule has 5 heteroatoms. The highest BCUT2D eigenvalue weighted by molar-refractivity contribution is 9.10. The number of nitrogens with zero attached hydrogens (tertiary/aromatic N) is 2. The molecule has 82 valence electrons. The lowest BCUT2D eigenvalue weighted by Crippen LogP contribution is -2.00. The smallest absolute Gasteiger partial charge is 0.223 e. The number of anilines is 1. The fourth-order valence-corrected chi connectivity index (χ4v) is 1.67. The molecule has 0 amide bonds. The summed E-state index contributed by atoms with van der Waals surface area (Å²) in [7, 11) is 0. The molecule has 0 unspecified atom stereocenters. The van der Waals surface area contributed by atoms with Crippen molar-refractivity contribution in [1.29, 1.82) is 0 Å². The quantitative estimate of drug-likeness (QED) is 0.937. The monoisotopic (exact) mass is 279 g/mol. The topological polar surface area (TPSA) is 61.0 Å². The molecule has 1 aromatic heterocycles. The molecule has 4 nitrogen and oxygen atoms in total. The largest absolute Gasteiger partial charge is 0.473 e. The normalized spacial score (nSPS) is 10.1. The van der Waals surface area contributed by atoms with Crippen LogP contribution in [0.4, 0.5) is 5.95 Å². The molecule has 2 rings (SSSR count). The van der Waals surface area contributed by atoms with Crippen LogP contribution < -0.4 is 10.5 Å². The lowest BCUT2D eigenvalue weighted by atomic mass is 10.2. The molecule has 0 radical (unpaired) electrons. The minimum Gasteiger partial charge on any atom is -0.473 e. The summed E-state index contributed by atoms with van der Waals surface area (Å²) < 4.78 is 6.50. The number of ether oxygens (including phenoxy) is 1. The minimum atomic E-state index is 0.215. The van der Waals surface area contributed by atoms with Gasteiger partial charge in [0.25, 0.3) is 0 Å². The average Bonchev–Trinajstić information content (AvgIpc) is 2.27. The maximum absolute atomic E-state index is 5.48. The van der Waals surface area contributed by atoms with Crippen LogP contribution in [-0.4, -0.2) is 9.97 Å². The molecule has 2 N–H and O–H groups in total. The first kappa shape index (κ1) is 10.9. The van der Waals surface area contributed by atoms with E-state index < -0.39 is 0 Å². The molecule has 0 fully saturated rings. The van der Waals surface area contributed by atoms with Gasteiger partial charge in [-0.1, -0.05) is 28.1 Å². The lowest BCUT2D eigenvalue weighted by molar-refractivity contribution is 0.294. The number of benzene rings is 1. The minimum absolute atomic E-state index is 0.215. The van der Waals surface area contributed by atoms with Crippen LogP contribution in [0.3, 0.4) is 0 Å². The number of nitrogens with two attached hydrogens (primary N) is 1. The zero-order valence-corrected chi connectivity index (χ0v) is 10.0. The second-order valence-corrected chi connectivity index (χ2v) is 4.09. The van der Waals surface area contributed by atoms with Crippen molar-refractivity contribution in [2.24, 2.45) is 0 Å². The second kappa shape index (κ2) is 4.94. The Morgan fingerprint density at radius 2 is 2.19 bits per heavy atom. The number of aromatic nitrogens is 2. The number of halogens is 1. The van der Waals surface area contributed by atoms with Gasteiger partial charge in [-0.05, 0) is 17.7 Å². The Labute approximate surface area is 102 Å². The second-order valence-electron chi connectivity index (χ2n) is 3.17. The van der Waals surface area contributed by atoms with Crippen molar-refractivity contribution in [1.82, 2.24) is 9.97 Å². The van der Waals surface area contributed by atoms with Gasteiger partial charge in [-0.2, -0.15) is 4.98 Å². The van der Waals surface area contributed by atoms with Crippen LogP contribution in [0.1, 0.15) is 5.56 Å². The zero-order valence-electron chi connectivity index (χ0n) is 8.43. The van der Waals surface area contributed by atoms with Crippen LogP contribution in [0, 0.1) is 0 Å². The third-order valence-corrected chi connectivity index (χ3v) is 2.42. The van der Waals surface area contributed by atoms with Gasteiger partial charge in [0, 0.05) is 16.7 Å². The first-order valence-electron chi connectivity index (χ1n) is 4.70. The summed E-state index contributed by atoms with van der Waals surface area (Å²) in [5.74, 6) is 0.694. The van der Waals surface area contributed by atoms with Crippen LogP contribution >= 0.6 is 15.9 Å². The molecule has 0 aliphatic rings. The number of rotatable bonds is 3. The predicted molar refractivity (Wildman–Crippen MR) is 64.9 cm³/mol. The fourth-order valence-electron chi connectivity index (χ4n) is 1.22. The molecule has 0 bridgehead atoms. The molecule has 0 spiro atoms. The van der Waals surface area contributed by atoms with Gasteiger partial charge in [0.05, 0.1) is 0 Å². The van der Waals surface area contributed by atoms with Crippen LogP contribution in [0.15, 0.2) is 41.0 Å². The van der Waals surface area contributed by atoms with E-state index in [2.05, 4.69) is 25.9 Å². The standard InChI is InChI=1S/C11H10BrN3O/c12-9-3-1-2-8(6-9)7-16-10-4-5-14-11(13)15-10/h1-6H,7H2,(H2,13,14,15). The van der Waals surface area contributed by atoms with Gasteiger partial charge in [-0.3, -0.25) is 0 Å². The Morgan fingerprint density at radius 3 is 2.94 bits per heavy atom. The van der Waals surface area contributed by atoms with Crippen molar-refractivity contribution in [3.8, 4) is 5.88 Å². The van der Waals surface area contributed by atoms with Gasteiger partial charge in [-0.15, -0.1) is 0 Å². The van der Waals surface area contributed by atoms with Gasteiger partial charge in [0.1, 0.15) is 6.61 Å². The van der Waals surface area contributed by atoms with Crippen molar-refractivity contribution in [2.45, 2.75) is 6.61 Å². The predicted octanol–water partition coefficient (Wildman–Crippen LogP) is 2.40. The van der Waals surface area contributed by atoms with Crippen LogP contribution in [-0.2, 0) is 6.61 Å². The Bertz CT molecular complexity index is 445. The summed E-state index contributed by atoms with van der Waals surface area (Å²) in [5, 5.41) is 0. The molecule has 1 aromatic carbocycles. The van der Waals surface area contributed by atoms with Crippen LogP contribution in [0.2, 0.25) is 0 Å². The molecule has 16 heavy (non-hydrogen) atoms. The maximum atomic E-state index is 5.48. The van der Waals surface area contributed by atoms with E-state index in [4.69, 9.17) is 10.5 Å². The Morgan fingerprint density at radius 1 is 1.31 bits per heavy atom. The van der Waals surface area contributed by atoms with E-state index >= 15 is 0 Å². The number of hydrogen-bond acceptors (Lipinski definition) is 4. The highest BCUT2D eigenvalue weighted by Crippen LogP contribution is 2.14. The van der Waals surface area contributed by atoms with Crippen molar-refractivity contribution in [3.05, 3.63) is 46.6 Å². The van der Waals surface area contributed by atoms with Crippen molar-refractivity contribution in [2.75, 3.05) is 5.73 Å². The van der Waals surface area contributed by atoms with E-state index in [1.165, 1.54) is 0 Å².